The van der Waals surface area contributed by atoms with Crippen LogP contribution in [0.1, 0.15) is 30.6 Å². The molecular weight excluding hydrogens is 232 g/mol. The van der Waals surface area contributed by atoms with Gasteiger partial charge < -0.3 is 4.52 Å². The van der Waals surface area contributed by atoms with Crippen molar-refractivity contribution in [1.82, 2.24) is 10.1 Å². The van der Waals surface area contributed by atoms with E-state index in [1.807, 2.05) is 6.07 Å². The third-order valence-electron chi connectivity index (χ3n) is 2.32. The lowest BCUT2D eigenvalue weighted by molar-refractivity contribution is 0.384. The molecular formula is C13H16N2OS. The summed E-state index contributed by atoms with van der Waals surface area (Å²) in [6.07, 6.45) is 1.95. The summed E-state index contributed by atoms with van der Waals surface area (Å²) < 4.78 is 5.17. The zero-order valence-electron chi connectivity index (χ0n) is 9.93. The van der Waals surface area contributed by atoms with Gasteiger partial charge in [0.05, 0.1) is 5.75 Å². The molecule has 1 heterocycles. The van der Waals surface area contributed by atoms with Gasteiger partial charge >= 0.3 is 0 Å². The Labute approximate surface area is 106 Å². The topological polar surface area (TPSA) is 38.9 Å². The lowest BCUT2D eigenvalue weighted by Gasteiger charge is -1.98. The Bertz CT molecular complexity index is 442. The maximum atomic E-state index is 5.17. The summed E-state index contributed by atoms with van der Waals surface area (Å²) >= 11 is 1.79. The van der Waals surface area contributed by atoms with Crippen molar-refractivity contribution >= 4 is 11.8 Å². The monoisotopic (exact) mass is 248 g/mol. The third kappa shape index (κ3) is 3.89. The number of aromatic nitrogens is 2. The van der Waals surface area contributed by atoms with E-state index in [0.29, 0.717) is 0 Å². The van der Waals surface area contributed by atoms with Crippen LogP contribution in [-0.2, 0) is 17.9 Å². The first kappa shape index (κ1) is 12.2. The predicted molar refractivity (Wildman–Crippen MR) is 69.7 cm³/mol. The molecule has 0 spiro atoms. The van der Waals surface area contributed by atoms with Crippen LogP contribution in [0.25, 0.3) is 0 Å². The van der Waals surface area contributed by atoms with Crippen molar-refractivity contribution in [3.05, 3.63) is 47.6 Å². The maximum Gasteiger partial charge on any atom is 0.236 e. The first-order valence-corrected chi connectivity index (χ1v) is 6.97. The number of nitrogens with zero attached hydrogens (tertiary/aromatic N) is 2. The summed E-state index contributed by atoms with van der Waals surface area (Å²) in [5.41, 5.74) is 1.32. The molecule has 0 bridgehead atoms. The molecule has 0 saturated heterocycles. The van der Waals surface area contributed by atoms with Crippen LogP contribution < -0.4 is 0 Å². The van der Waals surface area contributed by atoms with E-state index in [-0.39, 0.29) is 0 Å². The molecule has 0 radical (unpaired) electrons. The van der Waals surface area contributed by atoms with Crippen LogP contribution in [0.5, 0.6) is 0 Å². The predicted octanol–water partition coefficient (Wildman–Crippen LogP) is 3.46. The molecule has 90 valence electrons. The van der Waals surface area contributed by atoms with E-state index >= 15 is 0 Å². The van der Waals surface area contributed by atoms with Gasteiger partial charge in [0, 0.05) is 12.2 Å². The van der Waals surface area contributed by atoms with Crippen LogP contribution in [-0.4, -0.2) is 10.1 Å². The summed E-state index contributed by atoms with van der Waals surface area (Å²) in [4.78, 5) is 4.33. The van der Waals surface area contributed by atoms with Crippen LogP contribution in [0.3, 0.4) is 0 Å². The molecule has 17 heavy (non-hydrogen) atoms. The Morgan fingerprint density at radius 3 is 2.76 bits per heavy atom. The second-order valence-corrected chi connectivity index (χ2v) is 4.82. The van der Waals surface area contributed by atoms with Crippen molar-refractivity contribution in [2.45, 2.75) is 31.3 Å². The van der Waals surface area contributed by atoms with Crippen molar-refractivity contribution in [2.75, 3.05) is 0 Å². The molecule has 3 nitrogen and oxygen atoms in total. The van der Waals surface area contributed by atoms with Gasteiger partial charge in [0.1, 0.15) is 0 Å². The SMILES string of the molecule is CCCc1noc(CSCc2ccccc2)n1. The van der Waals surface area contributed by atoms with Crippen LogP contribution >= 0.6 is 11.8 Å². The summed E-state index contributed by atoms with van der Waals surface area (Å²) in [6.45, 7) is 2.11. The molecule has 0 aliphatic carbocycles. The second-order valence-electron chi connectivity index (χ2n) is 3.83. The van der Waals surface area contributed by atoms with Gasteiger partial charge in [0.15, 0.2) is 5.82 Å². The molecule has 0 aliphatic heterocycles. The van der Waals surface area contributed by atoms with Gasteiger partial charge in [0.25, 0.3) is 0 Å². The first-order chi connectivity index (χ1) is 8.38. The Kier molecular flexibility index (Phi) is 4.62. The highest BCUT2D eigenvalue weighted by Crippen LogP contribution is 2.16. The highest BCUT2D eigenvalue weighted by atomic mass is 32.2. The van der Waals surface area contributed by atoms with Gasteiger partial charge in [-0.2, -0.15) is 4.98 Å². The standard InChI is InChI=1S/C13H16N2OS/c1-2-6-12-14-13(16-15-12)10-17-9-11-7-4-3-5-8-11/h3-5,7-8H,2,6,9-10H2,1H3. The Balaban J connectivity index is 1.78. The second kappa shape index (κ2) is 6.45. The average Bonchev–Trinajstić information content (AvgIpc) is 2.79. The molecule has 0 N–H and O–H groups in total. The van der Waals surface area contributed by atoms with Crippen molar-refractivity contribution in [3.63, 3.8) is 0 Å². The fourth-order valence-corrected chi connectivity index (χ4v) is 2.33. The van der Waals surface area contributed by atoms with Gasteiger partial charge in [-0.3, -0.25) is 0 Å². The molecule has 0 aliphatic rings. The van der Waals surface area contributed by atoms with Crippen molar-refractivity contribution in [2.24, 2.45) is 0 Å². The molecule has 4 heteroatoms. The molecule has 1 aromatic heterocycles. The molecule has 1 aromatic carbocycles. The summed E-state index contributed by atoms with van der Waals surface area (Å²) in [5.74, 6) is 3.31. The van der Waals surface area contributed by atoms with Gasteiger partial charge in [-0.25, -0.2) is 0 Å². The lowest BCUT2D eigenvalue weighted by Crippen LogP contribution is -1.87. The molecule has 2 rings (SSSR count). The fourth-order valence-electron chi connectivity index (χ4n) is 1.50. The zero-order valence-corrected chi connectivity index (χ0v) is 10.7. The zero-order chi connectivity index (χ0) is 11.9. The molecule has 0 amide bonds. The number of rotatable bonds is 6. The summed E-state index contributed by atoms with van der Waals surface area (Å²) in [7, 11) is 0. The van der Waals surface area contributed by atoms with Crippen molar-refractivity contribution < 1.29 is 4.52 Å². The smallest absolute Gasteiger partial charge is 0.236 e. The summed E-state index contributed by atoms with van der Waals surface area (Å²) in [5, 5.41) is 3.93. The number of hydrogen-bond donors (Lipinski definition) is 0. The maximum absolute atomic E-state index is 5.17. The van der Waals surface area contributed by atoms with Crippen molar-refractivity contribution in [3.8, 4) is 0 Å². The number of hydrogen-bond acceptors (Lipinski definition) is 4. The Morgan fingerprint density at radius 2 is 2.00 bits per heavy atom. The Hall–Kier alpha value is -1.29. The first-order valence-electron chi connectivity index (χ1n) is 5.81. The molecule has 0 atom stereocenters. The van der Waals surface area contributed by atoms with E-state index in [0.717, 1.165) is 36.1 Å². The van der Waals surface area contributed by atoms with Gasteiger partial charge in [-0.05, 0) is 12.0 Å². The third-order valence-corrected chi connectivity index (χ3v) is 3.31. The van der Waals surface area contributed by atoms with E-state index in [9.17, 15) is 0 Å². The minimum Gasteiger partial charge on any atom is -0.338 e. The number of aryl methyl sites for hydroxylation is 1. The van der Waals surface area contributed by atoms with Crippen LogP contribution in [0.2, 0.25) is 0 Å². The normalized spacial score (nSPS) is 10.6. The fraction of sp³-hybridized carbons (Fsp3) is 0.385. The average molecular weight is 248 g/mol. The van der Waals surface area contributed by atoms with E-state index < -0.39 is 0 Å². The minimum absolute atomic E-state index is 0.731. The van der Waals surface area contributed by atoms with Gasteiger partial charge in [-0.1, -0.05) is 42.4 Å². The molecule has 0 fully saturated rings. The number of benzene rings is 1. The van der Waals surface area contributed by atoms with E-state index in [2.05, 4.69) is 41.3 Å². The van der Waals surface area contributed by atoms with Crippen LogP contribution in [0.4, 0.5) is 0 Å². The van der Waals surface area contributed by atoms with E-state index in [4.69, 9.17) is 4.52 Å². The van der Waals surface area contributed by atoms with Gasteiger partial charge in [0.2, 0.25) is 5.89 Å². The lowest BCUT2D eigenvalue weighted by atomic mass is 10.2. The van der Waals surface area contributed by atoms with Crippen LogP contribution in [0, 0.1) is 0 Å². The largest absolute Gasteiger partial charge is 0.338 e. The van der Waals surface area contributed by atoms with Crippen molar-refractivity contribution in [1.29, 1.82) is 0 Å². The van der Waals surface area contributed by atoms with Crippen LogP contribution in [0.15, 0.2) is 34.9 Å². The van der Waals surface area contributed by atoms with Gasteiger partial charge in [-0.15, -0.1) is 11.8 Å². The van der Waals surface area contributed by atoms with E-state index in [1.54, 1.807) is 11.8 Å². The quantitative estimate of drug-likeness (QED) is 0.784. The number of thioether (sulfide) groups is 1. The molecule has 0 saturated carbocycles. The summed E-state index contributed by atoms with van der Waals surface area (Å²) in [6, 6.07) is 10.4. The highest BCUT2D eigenvalue weighted by molar-refractivity contribution is 7.97. The Morgan fingerprint density at radius 1 is 1.18 bits per heavy atom. The highest BCUT2D eigenvalue weighted by Gasteiger charge is 2.05. The minimum atomic E-state index is 0.731. The van der Waals surface area contributed by atoms with E-state index in [1.165, 1.54) is 5.56 Å². The molecule has 0 unspecified atom stereocenters. The molecule has 2 aromatic rings.